The summed E-state index contributed by atoms with van der Waals surface area (Å²) in [4.78, 5) is 20.2. The molecular formula is C5H10N2O4S. The second-order valence-corrected chi connectivity index (χ2v) is 2.30. The lowest BCUT2D eigenvalue weighted by molar-refractivity contribution is -0.138. The Hall–Kier alpha value is -0.950. The highest BCUT2D eigenvalue weighted by Crippen LogP contribution is 1.86. The van der Waals surface area contributed by atoms with Crippen LogP contribution in [0.1, 0.15) is 0 Å². The van der Waals surface area contributed by atoms with Gasteiger partial charge in [-0.2, -0.15) is 12.6 Å². The van der Waals surface area contributed by atoms with E-state index in [1.54, 1.807) is 0 Å². The molecule has 6 nitrogen and oxygen atoms in total. The number of hydrogen-bond acceptors (Lipinski definition) is 4. The van der Waals surface area contributed by atoms with Crippen LogP contribution in [0.25, 0.3) is 0 Å². The standard InChI is InChI=1S/C5H10N2O4S/c8-4(9)3(1-12)6-2-7-5(10)11/h3,6-7,12H,1-2H2,(H,8,9)(H,10,11)/t3-/m0/s1. The first-order valence-electron chi connectivity index (χ1n) is 3.11. The molecule has 0 radical (unpaired) electrons. The van der Waals surface area contributed by atoms with Crippen LogP contribution in [-0.2, 0) is 4.79 Å². The van der Waals surface area contributed by atoms with Gasteiger partial charge in [0.1, 0.15) is 6.04 Å². The molecule has 0 heterocycles. The summed E-state index contributed by atoms with van der Waals surface area (Å²) in [5.41, 5.74) is 0. The molecule has 0 fully saturated rings. The van der Waals surface area contributed by atoms with Gasteiger partial charge >= 0.3 is 12.1 Å². The Morgan fingerprint density at radius 3 is 2.33 bits per heavy atom. The maximum Gasteiger partial charge on any atom is 0.405 e. The zero-order chi connectivity index (χ0) is 9.56. The van der Waals surface area contributed by atoms with Gasteiger partial charge in [0.2, 0.25) is 0 Å². The number of aliphatic carboxylic acids is 1. The van der Waals surface area contributed by atoms with E-state index in [-0.39, 0.29) is 12.4 Å². The van der Waals surface area contributed by atoms with E-state index in [0.29, 0.717) is 0 Å². The first-order valence-corrected chi connectivity index (χ1v) is 3.75. The third kappa shape index (κ3) is 4.80. The van der Waals surface area contributed by atoms with Crippen molar-refractivity contribution in [2.45, 2.75) is 6.04 Å². The normalized spacial score (nSPS) is 12.1. The Morgan fingerprint density at radius 2 is 2.00 bits per heavy atom. The third-order valence-corrected chi connectivity index (χ3v) is 1.43. The fourth-order valence-corrected chi connectivity index (χ4v) is 0.765. The zero-order valence-electron chi connectivity index (χ0n) is 6.15. The quantitative estimate of drug-likeness (QED) is 0.291. The predicted octanol–water partition coefficient (Wildman–Crippen LogP) is -0.816. The van der Waals surface area contributed by atoms with Crippen molar-refractivity contribution in [2.75, 3.05) is 12.4 Å². The van der Waals surface area contributed by atoms with E-state index in [1.807, 2.05) is 5.32 Å². The van der Waals surface area contributed by atoms with Crippen LogP contribution in [-0.4, -0.2) is 40.7 Å². The summed E-state index contributed by atoms with van der Waals surface area (Å²) in [7, 11) is 0. The molecular weight excluding hydrogens is 184 g/mol. The van der Waals surface area contributed by atoms with Crippen LogP contribution in [0.3, 0.4) is 0 Å². The molecule has 4 N–H and O–H groups in total. The molecule has 0 aliphatic rings. The molecule has 0 spiro atoms. The molecule has 0 unspecified atom stereocenters. The average molecular weight is 194 g/mol. The minimum atomic E-state index is -1.20. The van der Waals surface area contributed by atoms with Gasteiger partial charge in [-0.25, -0.2) is 4.79 Å². The summed E-state index contributed by atoms with van der Waals surface area (Å²) in [6.07, 6.45) is -1.20. The Kier molecular flexibility index (Phi) is 5.22. The Balaban J connectivity index is 3.59. The second-order valence-electron chi connectivity index (χ2n) is 1.94. The van der Waals surface area contributed by atoms with Gasteiger partial charge in [-0.05, 0) is 0 Å². The van der Waals surface area contributed by atoms with Crippen LogP contribution in [0.5, 0.6) is 0 Å². The first-order chi connectivity index (χ1) is 5.57. The lowest BCUT2D eigenvalue weighted by Crippen LogP contribution is -2.44. The van der Waals surface area contributed by atoms with Gasteiger partial charge in [-0.15, -0.1) is 0 Å². The number of carbonyl (C=O) groups is 2. The smallest absolute Gasteiger partial charge is 0.405 e. The Bertz CT molecular complexity index is 175. The average Bonchev–Trinajstić information content (AvgIpc) is 1.96. The summed E-state index contributed by atoms with van der Waals surface area (Å²) >= 11 is 3.76. The molecule has 0 bridgehead atoms. The van der Waals surface area contributed by atoms with Crippen molar-refractivity contribution in [3.63, 3.8) is 0 Å². The fraction of sp³-hybridized carbons (Fsp3) is 0.600. The third-order valence-electron chi connectivity index (χ3n) is 1.07. The lowest BCUT2D eigenvalue weighted by atomic mass is 10.3. The maximum absolute atomic E-state index is 10.3. The predicted molar refractivity (Wildman–Crippen MR) is 44.4 cm³/mol. The summed E-state index contributed by atoms with van der Waals surface area (Å²) in [6, 6.07) is -0.833. The van der Waals surface area contributed by atoms with Gasteiger partial charge in [0.25, 0.3) is 0 Å². The summed E-state index contributed by atoms with van der Waals surface area (Å²) < 4.78 is 0. The van der Waals surface area contributed by atoms with Gasteiger partial charge in [0, 0.05) is 5.75 Å². The molecule has 1 atom stereocenters. The molecule has 0 aliphatic heterocycles. The molecule has 1 amide bonds. The Morgan fingerprint density at radius 1 is 1.42 bits per heavy atom. The summed E-state index contributed by atoms with van der Waals surface area (Å²) in [6.45, 7) is -0.104. The zero-order valence-corrected chi connectivity index (χ0v) is 7.04. The molecule has 0 aromatic heterocycles. The number of nitrogens with one attached hydrogen (secondary N) is 2. The molecule has 0 aromatic carbocycles. The van der Waals surface area contributed by atoms with E-state index >= 15 is 0 Å². The van der Waals surface area contributed by atoms with E-state index in [4.69, 9.17) is 10.2 Å². The van der Waals surface area contributed by atoms with Crippen LogP contribution in [0.4, 0.5) is 4.79 Å². The van der Waals surface area contributed by atoms with Crippen molar-refractivity contribution in [3.05, 3.63) is 0 Å². The van der Waals surface area contributed by atoms with Crippen molar-refractivity contribution < 1.29 is 19.8 Å². The van der Waals surface area contributed by atoms with Gasteiger partial charge in [0.05, 0.1) is 6.67 Å². The van der Waals surface area contributed by atoms with E-state index in [0.717, 1.165) is 0 Å². The van der Waals surface area contributed by atoms with Crippen LogP contribution in [0, 0.1) is 0 Å². The van der Waals surface area contributed by atoms with E-state index in [9.17, 15) is 9.59 Å². The van der Waals surface area contributed by atoms with E-state index in [2.05, 4.69) is 17.9 Å². The van der Waals surface area contributed by atoms with Crippen LogP contribution in [0.2, 0.25) is 0 Å². The van der Waals surface area contributed by atoms with E-state index in [1.165, 1.54) is 0 Å². The number of hydrogen-bond donors (Lipinski definition) is 5. The van der Waals surface area contributed by atoms with Crippen molar-refractivity contribution in [1.82, 2.24) is 10.6 Å². The molecule has 12 heavy (non-hydrogen) atoms. The molecule has 0 rings (SSSR count). The minimum Gasteiger partial charge on any atom is -0.480 e. The highest BCUT2D eigenvalue weighted by molar-refractivity contribution is 7.80. The molecule has 70 valence electrons. The maximum atomic E-state index is 10.3. The van der Waals surface area contributed by atoms with Gasteiger partial charge < -0.3 is 15.5 Å². The minimum absolute atomic E-state index is 0.104. The highest BCUT2D eigenvalue weighted by atomic mass is 32.1. The molecule has 0 saturated carbocycles. The van der Waals surface area contributed by atoms with Gasteiger partial charge in [-0.3, -0.25) is 10.1 Å². The highest BCUT2D eigenvalue weighted by Gasteiger charge is 2.13. The fourth-order valence-electron chi connectivity index (χ4n) is 0.480. The molecule has 0 aliphatic carbocycles. The number of rotatable bonds is 5. The van der Waals surface area contributed by atoms with Gasteiger partial charge in [0.15, 0.2) is 0 Å². The number of carboxylic acid groups (broad SMARTS) is 2. The van der Waals surface area contributed by atoms with Crippen LogP contribution in [0.15, 0.2) is 0 Å². The molecule has 7 heteroatoms. The second kappa shape index (κ2) is 5.67. The van der Waals surface area contributed by atoms with Crippen LogP contribution < -0.4 is 10.6 Å². The number of thiol groups is 1. The van der Waals surface area contributed by atoms with Crippen molar-refractivity contribution >= 4 is 24.7 Å². The first kappa shape index (κ1) is 11.1. The van der Waals surface area contributed by atoms with Gasteiger partial charge in [-0.1, -0.05) is 0 Å². The van der Waals surface area contributed by atoms with Crippen LogP contribution >= 0.6 is 12.6 Å². The largest absolute Gasteiger partial charge is 0.480 e. The SMILES string of the molecule is O=C(O)NCN[C@@H](CS)C(=O)O. The Labute approximate surface area is 74.4 Å². The van der Waals surface area contributed by atoms with Crippen molar-refractivity contribution in [1.29, 1.82) is 0 Å². The monoisotopic (exact) mass is 194 g/mol. The van der Waals surface area contributed by atoms with Crippen molar-refractivity contribution in [3.8, 4) is 0 Å². The topological polar surface area (TPSA) is 98.7 Å². The molecule has 0 aromatic rings. The van der Waals surface area contributed by atoms with E-state index < -0.39 is 18.1 Å². The number of amides is 1. The lowest BCUT2D eigenvalue weighted by Gasteiger charge is -2.10. The summed E-state index contributed by atoms with van der Waals surface area (Å²) in [5, 5.41) is 21.0. The molecule has 0 saturated heterocycles. The number of carboxylic acids is 1. The van der Waals surface area contributed by atoms with Crippen molar-refractivity contribution in [2.24, 2.45) is 0 Å². The summed E-state index contributed by atoms with van der Waals surface area (Å²) in [5.74, 6) is -0.950.